The van der Waals surface area contributed by atoms with Crippen molar-refractivity contribution in [1.29, 1.82) is 0 Å². The molecule has 0 spiro atoms. The summed E-state index contributed by atoms with van der Waals surface area (Å²) in [5, 5.41) is 13.8. The third-order valence-corrected chi connectivity index (χ3v) is 4.85. The number of para-hydroxylation sites is 1. The number of benzene rings is 2. The zero-order chi connectivity index (χ0) is 20.7. The number of nitrogens with zero attached hydrogens (tertiary/aromatic N) is 2. The number of nitrogens with one attached hydrogen (secondary N) is 1. The monoisotopic (exact) mass is 399 g/mol. The van der Waals surface area contributed by atoms with Crippen molar-refractivity contribution in [2.24, 2.45) is 0 Å². The molecule has 3 rings (SSSR count). The van der Waals surface area contributed by atoms with Gasteiger partial charge in [0, 0.05) is 12.6 Å². The molecule has 0 aliphatic rings. The first kappa shape index (κ1) is 21.4. The lowest BCUT2D eigenvalue weighted by Gasteiger charge is -2.22. The van der Waals surface area contributed by atoms with Gasteiger partial charge in [0.25, 0.3) is 0 Å². The number of carboxylic acid groups (broad SMARTS) is 1. The first-order valence-electron chi connectivity index (χ1n) is 8.68. The molecule has 2 aromatic carbocycles. The number of hydrogen-bond acceptors (Lipinski definition) is 6. The lowest BCUT2D eigenvalue weighted by Crippen LogP contribution is -2.34. The molecule has 1 aromatic heterocycles. The van der Waals surface area contributed by atoms with Crippen LogP contribution in [0.2, 0.25) is 0 Å². The molecule has 1 N–H and O–H groups in total. The van der Waals surface area contributed by atoms with Gasteiger partial charge in [-0.3, -0.25) is 4.48 Å². The van der Waals surface area contributed by atoms with E-state index in [1.807, 2.05) is 18.2 Å². The Labute approximate surface area is 169 Å². The van der Waals surface area contributed by atoms with Crippen molar-refractivity contribution in [3.8, 4) is 17.0 Å². The third-order valence-electron chi connectivity index (χ3n) is 4.02. The number of hydrogen-bond donors (Lipinski definition) is 1. The topological polar surface area (TPSA) is 74.3 Å². The molecule has 148 valence electrons. The molecular weight excluding hydrogens is 374 g/mol. The molecule has 0 unspecified atom stereocenters. The number of carbonyl (C=O) groups is 1. The van der Waals surface area contributed by atoms with Gasteiger partial charge in [0.2, 0.25) is 0 Å². The second-order valence-electron chi connectivity index (χ2n) is 6.85. The molecule has 0 aliphatic heterocycles. The lowest BCUT2D eigenvalue weighted by atomic mass is 10.1. The van der Waals surface area contributed by atoms with Crippen LogP contribution in [0.4, 0.5) is 11.4 Å². The zero-order valence-corrected chi connectivity index (χ0v) is 17.5. The molecule has 0 bridgehead atoms. The number of ether oxygens (including phenoxy) is 1. The second kappa shape index (κ2) is 9.34. The highest BCUT2D eigenvalue weighted by Gasteiger charge is 2.14. The van der Waals surface area contributed by atoms with Crippen LogP contribution in [0.3, 0.4) is 0 Å². The summed E-state index contributed by atoms with van der Waals surface area (Å²) in [6.07, 6.45) is 0. The van der Waals surface area contributed by atoms with Gasteiger partial charge < -0.3 is 20.0 Å². The van der Waals surface area contributed by atoms with Gasteiger partial charge in [-0.05, 0) is 47.9 Å². The van der Waals surface area contributed by atoms with Crippen LogP contribution in [0.1, 0.15) is 9.67 Å². The Balaban J connectivity index is 0.000000237. The van der Waals surface area contributed by atoms with Gasteiger partial charge in [-0.2, -0.15) is 4.37 Å². The predicted octanol–water partition coefficient (Wildman–Crippen LogP) is 3.11. The van der Waals surface area contributed by atoms with Crippen LogP contribution in [0.15, 0.2) is 54.6 Å². The lowest BCUT2D eigenvalue weighted by molar-refractivity contribution is -0.254. The Hall–Kier alpha value is -2.90. The van der Waals surface area contributed by atoms with Crippen LogP contribution in [0.25, 0.3) is 11.3 Å². The minimum absolute atomic E-state index is 0.100. The minimum atomic E-state index is -1.23. The quantitative estimate of drug-likeness (QED) is 0.668. The van der Waals surface area contributed by atoms with E-state index >= 15 is 0 Å². The van der Waals surface area contributed by atoms with Crippen molar-refractivity contribution in [3.05, 3.63) is 59.5 Å². The Morgan fingerprint density at radius 3 is 2.11 bits per heavy atom. The Bertz CT molecular complexity index is 901. The molecule has 0 atom stereocenters. The number of quaternary nitrogens is 1. The summed E-state index contributed by atoms with van der Waals surface area (Å²) >= 11 is 0.908. The summed E-state index contributed by atoms with van der Waals surface area (Å²) in [4.78, 5) is 11.0. The van der Waals surface area contributed by atoms with Crippen molar-refractivity contribution in [3.63, 3.8) is 0 Å². The average Bonchev–Trinajstić information content (AvgIpc) is 3.13. The van der Waals surface area contributed by atoms with E-state index in [4.69, 9.17) is 4.74 Å². The van der Waals surface area contributed by atoms with Crippen molar-refractivity contribution in [2.75, 3.05) is 40.6 Å². The minimum Gasteiger partial charge on any atom is -0.544 e. The van der Waals surface area contributed by atoms with Crippen molar-refractivity contribution in [2.45, 2.75) is 0 Å². The molecule has 0 saturated heterocycles. The van der Waals surface area contributed by atoms with Crippen LogP contribution < -0.4 is 19.6 Å². The van der Waals surface area contributed by atoms with Crippen molar-refractivity contribution >= 4 is 28.9 Å². The van der Waals surface area contributed by atoms with E-state index in [1.165, 1.54) is 5.69 Å². The number of carboxylic acids is 1. The molecule has 3 aromatic rings. The highest BCUT2D eigenvalue weighted by molar-refractivity contribution is 7.09. The molecule has 0 fully saturated rings. The summed E-state index contributed by atoms with van der Waals surface area (Å²) in [5.41, 5.74) is 3.24. The number of methoxy groups -OCH3 is 1. The molecule has 0 saturated carbocycles. The Kier molecular flexibility index (Phi) is 7.14. The summed E-state index contributed by atoms with van der Waals surface area (Å²) in [7, 11) is 9.73. The van der Waals surface area contributed by atoms with Crippen molar-refractivity contribution < 1.29 is 14.6 Å². The van der Waals surface area contributed by atoms with E-state index in [-0.39, 0.29) is 4.88 Å². The maximum absolute atomic E-state index is 10.9. The standard InChI is InChI=1S/C12H12N2O3S.C9H14N/c1-13-10-9(14-18-11(10)12(15)16)7-3-5-8(17-2)6-4-7;1-10(2,3)9-7-5-4-6-8-9/h3-6,13H,1-2H3,(H,15,16);4-8H,1-3H3/q;+1/p-1. The van der Waals surface area contributed by atoms with Gasteiger partial charge in [0.15, 0.2) is 0 Å². The highest BCUT2D eigenvalue weighted by atomic mass is 32.1. The largest absolute Gasteiger partial charge is 0.544 e. The third kappa shape index (κ3) is 5.31. The number of rotatable bonds is 5. The number of carbonyl (C=O) groups excluding carboxylic acids is 1. The first-order valence-corrected chi connectivity index (χ1v) is 9.45. The Morgan fingerprint density at radius 2 is 1.68 bits per heavy atom. The second-order valence-corrected chi connectivity index (χ2v) is 7.62. The van der Waals surface area contributed by atoms with Gasteiger partial charge in [-0.25, -0.2) is 0 Å². The molecule has 1 heterocycles. The van der Waals surface area contributed by atoms with Crippen LogP contribution in [-0.4, -0.2) is 45.6 Å². The van der Waals surface area contributed by atoms with Crippen LogP contribution in [-0.2, 0) is 0 Å². The zero-order valence-electron chi connectivity index (χ0n) is 16.7. The first-order chi connectivity index (χ1) is 13.3. The van der Waals surface area contributed by atoms with E-state index in [0.717, 1.165) is 27.3 Å². The van der Waals surface area contributed by atoms with Crippen LogP contribution in [0, 0.1) is 0 Å². The smallest absolute Gasteiger partial charge is 0.132 e. The van der Waals surface area contributed by atoms with E-state index in [1.54, 1.807) is 26.3 Å². The SMILES string of the molecule is CNc1c(-c2ccc(OC)cc2)nsc1C(=O)[O-].C[N+](C)(C)c1ccccc1. The molecule has 0 aliphatic carbocycles. The highest BCUT2D eigenvalue weighted by Crippen LogP contribution is 2.33. The van der Waals surface area contributed by atoms with E-state index in [2.05, 4.69) is 55.1 Å². The van der Waals surface area contributed by atoms with E-state index in [0.29, 0.717) is 11.4 Å². The summed E-state index contributed by atoms with van der Waals surface area (Å²) < 4.78 is 10.1. The molecule has 6 nitrogen and oxygen atoms in total. The van der Waals surface area contributed by atoms with Gasteiger partial charge in [-0.15, -0.1) is 0 Å². The fourth-order valence-electron chi connectivity index (χ4n) is 2.48. The fraction of sp³-hybridized carbons (Fsp3) is 0.238. The normalized spacial score (nSPS) is 10.6. The van der Waals surface area contributed by atoms with E-state index < -0.39 is 5.97 Å². The molecule has 0 radical (unpaired) electrons. The van der Waals surface area contributed by atoms with Crippen LogP contribution in [0.5, 0.6) is 5.75 Å². The molecular formula is C21H25N3O3S. The average molecular weight is 400 g/mol. The molecule has 0 amide bonds. The van der Waals surface area contributed by atoms with Gasteiger partial charge in [0.1, 0.15) is 17.1 Å². The number of aromatic carboxylic acids is 1. The predicted molar refractivity (Wildman–Crippen MR) is 114 cm³/mol. The summed E-state index contributed by atoms with van der Waals surface area (Å²) in [5.74, 6) is -0.489. The van der Waals surface area contributed by atoms with E-state index in [9.17, 15) is 9.90 Å². The summed E-state index contributed by atoms with van der Waals surface area (Å²) in [6.45, 7) is 0. The molecule has 7 heteroatoms. The van der Waals surface area contributed by atoms with Gasteiger partial charge >= 0.3 is 0 Å². The fourth-order valence-corrected chi connectivity index (χ4v) is 3.23. The number of anilines is 1. The molecule has 28 heavy (non-hydrogen) atoms. The van der Waals surface area contributed by atoms with Crippen LogP contribution >= 0.6 is 11.5 Å². The number of aromatic nitrogens is 1. The van der Waals surface area contributed by atoms with Gasteiger partial charge in [0.05, 0.1) is 44.8 Å². The maximum atomic E-state index is 10.9. The van der Waals surface area contributed by atoms with Gasteiger partial charge in [-0.1, -0.05) is 18.2 Å². The summed E-state index contributed by atoms with van der Waals surface area (Å²) in [6, 6.07) is 17.7. The van der Waals surface area contributed by atoms with Crippen molar-refractivity contribution in [1.82, 2.24) is 8.86 Å². The Morgan fingerprint density at radius 1 is 1.07 bits per heavy atom. The maximum Gasteiger partial charge on any atom is 0.132 e.